The van der Waals surface area contributed by atoms with Crippen LogP contribution in [0.25, 0.3) is 27.6 Å². The van der Waals surface area contributed by atoms with E-state index >= 15 is 0 Å². The van der Waals surface area contributed by atoms with Crippen LogP contribution in [0.5, 0.6) is 0 Å². The second-order valence-electron chi connectivity index (χ2n) is 4.81. The van der Waals surface area contributed by atoms with Gasteiger partial charge < -0.3 is 9.84 Å². The summed E-state index contributed by atoms with van der Waals surface area (Å²) in [5.74, 6) is 0.430. The third-order valence-electron chi connectivity index (χ3n) is 3.33. The highest BCUT2D eigenvalue weighted by molar-refractivity contribution is 6.08. The Morgan fingerprint density at radius 1 is 1.23 bits per heavy atom. The van der Waals surface area contributed by atoms with Crippen molar-refractivity contribution >= 4 is 39.6 Å². The van der Waals surface area contributed by atoms with E-state index in [1.807, 2.05) is 18.2 Å². The zero-order valence-electron chi connectivity index (χ0n) is 12.3. The number of amides is 1. The number of hydrogen-bond acceptors (Lipinski definition) is 5. The molecule has 1 amide bonds. The lowest BCUT2D eigenvalue weighted by molar-refractivity contribution is 0.167. The minimum atomic E-state index is -0.586. The summed E-state index contributed by atoms with van der Waals surface area (Å²) in [4.78, 5) is 20.2. The van der Waals surface area contributed by atoms with Crippen molar-refractivity contribution < 1.29 is 14.6 Å². The zero-order valence-corrected chi connectivity index (χ0v) is 12.3. The van der Waals surface area contributed by atoms with Gasteiger partial charge >= 0.3 is 6.09 Å². The van der Waals surface area contributed by atoms with E-state index in [-0.39, 0.29) is 18.3 Å². The van der Waals surface area contributed by atoms with Crippen LogP contribution >= 0.6 is 0 Å². The highest BCUT2D eigenvalue weighted by Gasteiger charge is 2.11. The first kappa shape index (κ1) is 14.1. The first-order valence-corrected chi connectivity index (χ1v) is 6.93. The van der Waals surface area contributed by atoms with E-state index in [2.05, 4.69) is 15.3 Å². The fourth-order valence-electron chi connectivity index (χ4n) is 2.44. The maximum absolute atomic E-state index is 11.5. The number of benzene rings is 2. The number of hydrogen-bond donors (Lipinski definition) is 2. The van der Waals surface area contributed by atoms with E-state index in [0.29, 0.717) is 11.0 Å². The first-order valence-electron chi connectivity index (χ1n) is 6.93. The van der Waals surface area contributed by atoms with Crippen molar-refractivity contribution in [3.05, 3.63) is 35.6 Å². The molecule has 2 aromatic carbocycles. The van der Waals surface area contributed by atoms with Crippen LogP contribution in [0.4, 0.5) is 10.7 Å². The molecule has 2 N–H and O–H groups in total. The molecule has 0 aliphatic carbocycles. The average molecular weight is 297 g/mol. The Labute approximate surface area is 126 Å². The fourth-order valence-corrected chi connectivity index (χ4v) is 2.44. The van der Waals surface area contributed by atoms with Crippen molar-refractivity contribution in [1.82, 2.24) is 9.97 Å². The third-order valence-corrected chi connectivity index (χ3v) is 3.33. The lowest BCUT2D eigenvalue weighted by Gasteiger charge is -2.09. The Kier molecular flexibility index (Phi) is 3.50. The van der Waals surface area contributed by atoms with Crippen molar-refractivity contribution in [1.29, 1.82) is 0 Å². The van der Waals surface area contributed by atoms with E-state index in [1.165, 1.54) is 0 Å². The Bertz CT molecular complexity index is 898. The molecular weight excluding hydrogens is 282 g/mol. The summed E-state index contributed by atoms with van der Waals surface area (Å²) in [5, 5.41) is 14.8. The van der Waals surface area contributed by atoms with Gasteiger partial charge in [-0.05, 0) is 37.4 Å². The highest BCUT2D eigenvalue weighted by atomic mass is 16.5. The number of carbonyl (C=O) groups excluding carboxylic acids is 1. The number of aromatic nitrogens is 2. The van der Waals surface area contributed by atoms with Gasteiger partial charge in [-0.2, -0.15) is 0 Å². The molecule has 6 nitrogen and oxygen atoms in total. The number of nitrogens with one attached hydrogen (secondary N) is 1. The highest BCUT2D eigenvalue weighted by Crippen LogP contribution is 2.23. The number of anilines is 1. The number of aliphatic hydroxyl groups excluding tert-OH is 1. The summed E-state index contributed by atoms with van der Waals surface area (Å²) in [6, 6.07) is 9.19. The molecule has 0 bridgehead atoms. The molecule has 0 fully saturated rings. The molecule has 0 spiro atoms. The van der Waals surface area contributed by atoms with E-state index in [1.54, 1.807) is 26.0 Å². The summed E-state index contributed by atoms with van der Waals surface area (Å²) >= 11 is 0. The standard InChI is InChI=1S/C16H15N3O3/c1-3-22-16(21)19-15-17-12-6-4-5-11-10(9(2)20)7-8-13(18-15)14(11)12/h4-8,20H,3H2,1-2H3,(H,17,18,19,21)/b10-9+. The van der Waals surface area contributed by atoms with Crippen molar-refractivity contribution in [2.45, 2.75) is 13.8 Å². The molecule has 0 saturated heterocycles. The van der Waals surface area contributed by atoms with Crippen LogP contribution in [-0.4, -0.2) is 27.8 Å². The van der Waals surface area contributed by atoms with Crippen molar-refractivity contribution in [2.24, 2.45) is 0 Å². The topological polar surface area (TPSA) is 84.3 Å². The molecule has 0 atom stereocenters. The Balaban J connectivity index is 2.22. The van der Waals surface area contributed by atoms with Gasteiger partial charge in [0, 0.05) is 10.6 Å². The van der Waals surface area contributed by atoms with Gasteiger partial charge in [0.1, 0.15) is 0 Å². The average Bonchev–Trinajstić information content (AvgIpc) is 2.47. The molecule has 0 aliphatic rings. The molecule has 22 heavy (non-hydrogen) atoms. The molecule has 0 unspecified atom stereocenters. The number of aliphatic hydroxyl groups is 1. The summed E-state index contributed by atoms with van der Waals surface area (Å²) in [7, 11) is 0. The van der Waals surface area contributed by atoms with Crippen LogP contribution in [0.3, 0.4) is 0 Å². The minimum absolute atomic E-state index is 0.191. The van der Waals surface area contributed by atoms with E-state index < -0.39 is 6.09 Å². The molecule has 0 saturated carbocycles. The number of ether oxygens (including phenoxy) is 1. The quantitative estimate of drug-likeness (QED) is 0.759. The second-order valence-corrected chi connectivity index (χ2v) is 4.81. The van der Waals surface area contributed by atoms with Gasteiger partial charge in [-0.3, -0.25) is 5.32 Å². The molecule has 0 radical (unpaired) electrons. The van der Waals surface area contributed by atoms with Crippen LogP contribution < -0.4 is 10.5 Å². The maximum atomic E-state index is 11.5. The smallest absolute Gasteiger partial charge is 0.414 e. The Morgan fingerprint density at radius 2 is 1.95 bits per heavy atom. The van der Waals surface area contributed by atoms with Gasteiger partial charge in [-0.1, -0.05) is 12.1 Å². The molecule has 1 aromatic heterocycles. The predicted octanol–water partition coefficient (Wildman–Crippen LogP) is 2.76. The van der Waals surface area contributed by atoms with Gasteiger partial charge in [0.2, 0.25) is 5.95 Å². The van der Waals surface area contributed by atoms with Crippen LogP contribution in [0.1, 0.15) is 13.8 Å². The van der Waals surface area contributed by atoms with E-state index in [4.69, 9.17) is 4.74 Å². The van der Waals surface area contributed by atoms with Gasteiger partial charge in [0.15, 0.2) is 0 Å². The normalized spacial score (nSPS) is 12.5. The fraction of sp³-hybridized carbons (Fsp3) is 0.188. The number of carbonyl (C=O) groups is 1. The Hall–Kier alpha value is -2.89. The zero-order chi connectivity index (χ0) is 15.7. The first-order chi connectivity index (χ1) is 10.6. The summed E-state index contributed by atoms with van der Waals surface area (Å²) in [6.45, 7) is 3.64. The number of rotatable bonds is 2. The predicted molar refractivity (Wildman–Crippen MR) is 84.6 cm³/mol. The van der Waals surface area contributed by atoms with Crippen molar-refractivity contribution in [3.8, 4) is 0 Å². The van der Waals surface area contributed by atoms with Gasteiger partial charge in [0.05, 0.1) is 23.4 Å². The van der Waals surface area contributed by atoms with E-state index in [0.717, 1.165) is 16.0 Å². The summed E-state index contributed by atoms with van der Waals surface area (Å²) < 4.78 is 4.83. The van der Waals surface area contributed by atoms with Gasteiger partial charge in [0.25, 0.3) is 0 Å². The lowest BCUT2D eigenvalue weighted by atomic mass is 10.1. The third kappa shape index (κ3) is 2.39. The molecule has 0 aliphatic heterocycles. The molecule has 6 heteroatoms. The van der Waals surface area contributed by atoms with Crippen molar-refractivity contribution in [2.75, 3.05) is 11.9 Å². The van der Waals surface area contributed by atoms with Crippen LogP contribution in [0.2, 0.25) is 0 Å². The maximum Gasteiger partial charge on any atom is 0.414 e. The minimum Gasteiger partial charge on any atom is -0.512 e. The van der Waals surface area contributed by atoms with Crippen molar-refractivity contribution in [3.63, 3.8) is 0 Å². The van der Waals surface area contributed by atoms with Gasteiger partial charge in [-0.15, -0.1) is 0 Å². The largest absolute Gasteiger partial charge is 0.512 e. The summed E-state index contributed by atoms with van der Waals surface area (Å²) in [6.07, 6.45) is -0.586. The molecule has 3 rings (SSSR count). The molecular formula is C16H15N3O3. The summed E-state index contributed by atoms with van der Waals surface area (Å²) in [5.41, 5.74) is 1.38. The van der Waals surface area contributed by atoms with Crippen LogP contribution in [0, 0.1) is 0 Å². The Morgan fingerprint density at radius 3 is 2.64 bits per heavy atom. The molecule has 3 aromatic rings. The van der Waals surface area contributed by atoms with Gasteiger partial charge in [-0.25, -0.2) is 14.8 Å². The second kappa shape index (κ2) is 5.48. The lowest BCUT2D eigenvalue weighted by Crippen LogP contribution is -2.16. The molecule has 1 heterocycles. The van der Waals surface area contributed by atoms with Crippen LogP contribution in [0.15, 0.2) is 30.3 Å². The number of nitrogens with zero attached hydrogens (tertiary/aromatic N) is 2. The monoisotopic (exact) mass is 297 g/mol. The van der Waals surface area contributed by atoms with Crippen LogP contribution in [-0.2, 0) is 4.74 Å². The SMILES string of the molecule is CCOC(=O)Nc1nc2cccc3/c(=C(\C)O)ccc(n1)c23. The van der Waals surface area contributed by atoms with E-state index in [9.17, 15) is 9.90 Å². The molecule has 112 valence electrons.